The molecule has 0 spiro atoms. The van der Waals surface area contributed by atoms with Crippen LogP contribution in [0.5, 0.6) is 0 Å². The van der Waals surface area contributed by atoms with Gasteiger partial charge < -0.3 is 10.2 Å². The number of nitrogens with zero attached hydrogens (tertiary/aromatic N) is 2. The highest BCUT2D eigenvalue weighted by atomic mass is 32.2. The van der Waals surface area contributed by atoms with Crippen molar-refractivity contribution in [3.05, 3.63) is 95.1 Å². The van der Waals surface area contributed by atoms with Crippen LogP contribution in [0.2, 0.25) is 0 Å². The van der Waals surface area contributed by atoms with E-state index in [-0.39, 0.29) is 23.4 Å². The van der Waals surface area contributed by atoms with Crippen molar-refractivity contribution < 1.29 is 18.0 Å². The number of hydrogen-bond donors (Lipinski definition) is 1. The number of nitrogens with one attached hydrogen (secondary N) is 1. The summed E-state index contributed by atoms with van der Waals surface area (Å²) in [6.45, 7) is 10.9. The largest absolute Gasteiger partial charge is 0.352 e. The average Bonchev–Trinajstić information content (AvgIpc) is 2.92. The lowest BCUT2D eigenvalue weighted by atomic mass is 10.1. The van der Waals surface area contributed by atoms with Gasteiger partial charge in [-0.05, 0) is 81.5 Å². The minimum absolute atomic E-state index is 0.0553. The van der Waals surface area contributed by atoms with Crippen LogP contribution in [0.25, 0.3) is 0 Å². The quantitative estimate of drug-likeness (QED) is 0.359. The minimum atomic E-state index is -4.09. The highest BCUT2D eigenvalue weighted by Gasteiger charge is 2.33. The molecule has 0 bridgehead atoms. The molecule has 0 aliphatic heterocycles. The monoisotopic (exact) mass is 549 g/mol. The predicted octanol–water partition coefficient (Wildman–Crippen LogP) is 5.14. The summed E-state index contributed by atoms with van der Waals surface area (Å²) >= 11 is 0. The topological polar surface area (TPSA) is 86.8 Å². The lowest BCUT2D eigenvalue weighted by Crippen LogP contribution is -2.52. The second-order valence-corrected chi connectivity index (χ2v) is 11.9. The Morgan fingerprint density at radius 3 is 2.15 bits per heavy atom. The van der Waals surface area contributed by atoms with Crippen LogP contribution in [0.4, 0.5) is 5.69 Å². The van der Waals surface area contributed by atoms with E-state index in [9.17, 15) is 18.0 Å². The van der Waals surface area contributed by atoms with Gasteiger partial charge in [0.15, 0.2) is 0 Å². The first kappa shape index (κ1) is 29.9. The van der Waals surface area contributed by atoms with Gasteiger partial charge in [-0.15, -0.1) is 0 Å². The summed E-state index contributed by atoms with van der Waals surface area (Å²) in [5.74, 6) is -0.749. The van der Waals surface area contributed by atoms with Gasteiger partial charge in [-0.3, -0.25) is 13.9 Å². The number of benzene rings is 3. The fourth-order valence-electron chi connectivity index (χ4n) is 4.24. The maximum atomic E-state index is 14.1. The fourth-order valence-corrected chi connectivity index (χ4v) is 5.73. The molecule has 0 radical (unpaired) electrons. The number of anilines is 1. The Kier molecular flexibility index (Phi) is 9.92. The Hall–Kier alpha value is -3.65. The first-order valence-corrected chi connectivity index (χ1v) is 14.7. The molecule has 8 heteroatoms. The van der Waals surface area contributed by atoms with E-state index in [4.69, 9.17) is 0 Å². The van der Waals surface area contributed by atoms with Crippen molar-refractivity contribution in [1.29, 1.82) is 0 Å². The van der Waals surface area contributed by atoms with E-state index in [0.29, 0.717) is 5.69 Å². The molecule has 3 aromatic carbocycles. The van der Waals surface area contributed by atoms with E-state index in [1.54, 1.807) is 31.2 Å². The summed E-state index contributed by atoms with van der Waals surface area (Å²) in [6, 6.07) is 20.4. The van der Waals surface area contributed by atoms with Crippen LogP contribution in [0, 0.1) is 20.8 Å². The molecule has 0 aromatic heterocycles. The van der Waals surface area contributed by atoms with Crippen molar-refractivity contribution >= 4 is 27.5 Å². The van der Waals surface area contributed by atoms with Crippen LogP contribution in [-0.4, -0.2) is 43.8 Å². The molecule has 1 N–H and O–H groups in total. The van der Waals surface area contributed by atoms with Crippen LogP contribution < -0.4 is 9.62 Å². The average molecular weight is 550 g/mol. The summed E-state index contributed by atoms with van der Waals surface area (Å²) in [5, 5.41) is 2.96. The molecule has 0 fully saturated rings. The smallest absolute Gasteiger partial charge is 0.264 e. The molecule has 39 heavy (non-hydrogen) atoms. The third-order valence-corrected chi connectivity index (χ3v) is 8.79. The zero-order valence-electron chi connectivity index (χ0n) is 23.6. The normalized spacial score (nSPS) is 12.9. The zero-order chi connectivity index (χ0) is 28.7. The van der Waals surface area contributed by atoms with Gasteiger partial charge in [-0.2, -0.15) is 0 Å². The Morgan fingerprint density at radius 1 is 0.872 bits per heavy atom. The van der Waals surface area contributed by atoms with Gasteiger partial charge in [0.05, 0.1) is 10.6 Å². The highest BCUT2D eigenvalue weighted by Crippen LogP contribution is 2.28. The number of rotatable bonds is 11. The van der Waals surface area contributed by atoms with Gasteiger partial charge in [-0.1, -0.05) is 61.5 Å². The molecule has 0 aliphatic rings. The van der Waals surface area contributed by atoms with E-state index in [0.717, 1.165) is 33.0 Å². The third kappa shape index (κ3) is 7.26. The first-order valence-electron chi connectivity index (χ1n) is 13.2. The van der Waals surface area contributed by atoms with Gasteiger partial charge in [0.2, 0.25) is 11.8 Å². The molecular weight excluding hydrogens is 510 g/mol. The van der Waals surface area contributed by atoms with Crippen molar-refractivity contribution in [3.63, 3.8) is 0 Å². The van der Waals surface area contributed by atoms with Crippen molar-refractivity contribution in [2.24, 2.45) is 0 Å². The molecule has 0 saturated carbocycles. The summed E-state index contributed by atoms with van der Waals surface area (Å²) in [6.07, 6.45) is 0.750. The van der Waals surface area contributed by atoms with Gasteiger partial charge in [0.25, 0.3) is 10.0 Å². The number of carbonyl (C=O) groups is 2. The Balaban J connectivity index is 2.07. The Bertz CT molecular complexity index is 1410. The van der Waals surface area contributed by atoms with E-state index in [1.165, 1.54) is 17.0 Å². The van der Waals surface area contributed by atoms with Crippen LogP contribution >= 0.6 is 0 Å². The van der Waals surface area contributed by atoms with Crippen molar-refractivity contribution in [2.75, 3.05) is 10.8 Å². The first-order chi connectivity index (χ1) is 18.4. The van der Waals surface area contributed by atoms with E-state index < -0.39 is 28.5 Å². The van der Waals surface area contributed by atoms with Gasteiger partial charge in [0.1, 0.15) is 12.6 Å². The van der Waals surface area contributed by atoms with Crippen molar-refractivity contribution in [3.8, 4) is 0 Å². The minimum Gasteiger partial charge on any atom is -0.352 e. The molecule has 3 aromatic rings. The highest BCUT2D eigenvalue weighted by molar-refractivity contribution is 7.92. The van der Waals surface area contributed by atoms with Gasteiger partial charge in [0, 0.05) is 12.6 Å². The van der Waals surface area contributed by atoms with E-state index >= 15 is 0 Å². The van der Waals surface area contributed by atoms with Crippen LogP contribution in [0.15, 0.2) is 77.7 Å². The number of carbonyl (C=O) groups excluding carboxylic acids is 2. The standard InChI is InChI=1S/C31H39N3O4S/c1-7-25(5)32-31(36)26(6)33(20-27-14-12-11-13-23(27)3)30(35)21-34(29-19-22(2)17-18-24(29)4)39(37,38)28-15-9-8-10-16-28/h8-19,25-26H,7,20-21H2,1-6H3,(H,32,36)/t25-,26-/m0/s1. The molecule has 0 aliphatic carbocycles. The van der Waals surface area contributed by atoms with Gasteiger partial charge in [-0.25, -0.2) is 8.42 Å². The predicted molar refractivity (Wildman–Crippen MR) is 156 cm³/mol. The zero-order valence-corrected chi connectivity index (χ0v) is 24.5. The molecule has 0 heterocycles. The SMILES string of the molecule is CC[C@H](C)NC(=O)[C@H](C)N(Cc1ccccc1C)C(=O)CN(c1cc(C)ccc1C)S(=O)(=O)c1ccccc1. The van der Waals surface area contributed by atoms with Crippen LogP contribution in [0.1, 0.15) is 49.4 Å². The lowest BCUT2D eigenvalue weighted by molar-refractivity contribution is -0.139. The van der Waals surface area contributed by atoms with Crippen molar-refractivity contribution in [1.82, 2.24) is 10.2 Å². The lowest BCUT2D eigenvalue weighted by Gasteiger charge is -2.33. The van der Waals surface area contributed by atoms with Crippen molar-refractivity contribution in [2.45, 2.75) is 71.5 Å². The summed E-state index contributed by atoms with van der Waals surface area (Å²) in [5.41, 5.74) is 3.89. The Labute approximate surface area is 232 Å². The molecular formula is C31H39N3O4S. The maximum absolute atomic E-state index is 14.1. The van der Waals surface area contributed by atoms with E-state index in [1.807, 2.05) is 71.0 Å². The second kappa shape index (κ2) is 12.9. The Morgan fingerprint density at radius 2 is 1.51 bits per heavy atom. The maximum Gasteiger partial charge on any atom is 0.264 e. The molecule has 7 nitrogen and oxygen atoms in total. The fraction of sp³-hybridized carbons (Fsp3) is 0.355. The third-order valence-electron chi connectivity index (χ3n) is 7.01. The summed E-state index contributed by atoms with van der Waals surface area (Å²) in [4.78, 5) is 28.8. The number of sulfonamides is 1. The second-order valence-electron chi connectivity index (χ2n) is 10.1. The number of amides is 2. The molecule has 2 atom stereocenters. The molecule has 0 unspecified atom stereocenters. The van der Waals surface area contributed by atoms with Crippen LogP contribution in [0.3, 0.4) is 0 Å². The number of aryl methyl sites for hydroxylation is 3. The summed E-state index contributed by atoms with van der Waals surface area (Å²) < 4.78 is 29.0. The van der Waals surface area contributed by atoms with E-state index in [2.05, 4.69) is 5.32 Å². The molecule has 208 valence electrons. The summed E-state index contributed by atoms with van der Waals surface area (Å²) in [7, 11) is -4.09. The molecule has 0 saturated heterocycles. The number of hydrogen-bond acceptors (Lipinski definition) is 4. The van der Waals surface area contributed by atoms with Crippen LogP contribution in [-0.2, 0) is 26.2 Å². The van der Waals surface area contributed by atoms with Gasteiger partial charge >= 0.3 is 0 Å². The molecule has 3 rings (SSSR count). The molecule has 2 amide bonds.